The fourth-order valence-corrected chi connectivity index (χ4v) is 3.40. The molecule has 3 aromatic rings. The molecule has 3 aromatic carbocycles. The van der Waals surface area contributed by atoms with Crippen molar-refractivity contribution in [3.8, 4) is 11.5 Å². The van der Waals surface area contributed by atoms with Gasteiger partial charge in [0.1, 0.15) is 24.9 Å². The van der Waals surface area contributed by atoms with E-state index in [9.17, 15) is 19.1 Å². The number of nitrogens with two attached hydrogens (primary N) is 1. The van der Waals surface area contributed by atoms with Gasteiger partial charge in [-0.2, -0.15) is 4.99 Å². The molecule has 0 aromatic heterocycles. The number of aliphatic hydroxyl groups is 1. The topological polar surface area (TPSA) is 153 Å². The Balaban J connectivity index is 1.73. The molecule has 0 saturated heterocycles. The summed E-state index contributed by atoms with van der Waals surface area (Å²) in [7, 11) is 0. The maximum atomic E-state index is 14.9. The summed E-state index contributed by atoms with van der Waals surface area (Å²) >= 11 is 0. The van der Waals surface area contributed by atoms with Crippen LogP contribution in [0.2, 0.25) is 0 Å². The highest BCUT2D eigenvalue weighted by Gasteiger charge is 2.26. The molecule has 11 heteroatoms. The third-order valence-electron chi connectivity index (χ3n) is 5.18. The molecule has 38 heavy (non-hydrogen) atoms. The zero-order valence-corrected chi connectivity index (χ0v) is 20.6. The van der Waals surface area contributed by atoms with Gasteiger partial charge in [0.25, 0.3) is 0 Å². The molecule has 0 bridgehead atoms. The third-order valence-corrected chi connectivity index (χ3v) is 5.18. The van der Waals surface area contributed by atoms with E-state index < -0.39 is 23.9 Å². The molecule has 0 aliphatic carbocycles. The fourth-order valence-electron chi connectivity index (χ4n) is 3.40. The summed E-state index contributed by atoms with van der Waals surface area (Å²) in [6, 6.07) is 16.0. The molecule has 10 nitrogen and oxygen atoms in total. The number of carbonyl (C=O) groups is 2. The van der Waals surface area contributed by atoms with E-state index in [-0.39, 0.29) is 49.3 Å². The number of nitrogens with zero attached hydrogens (tertiary/aromatic N) is 1. The minimum absolute atomic E-state index is 0.0476. The number of nitrogens with one attached hydrogen (secondary N) is 1. The van der Waals surface area contributed by atoms with Crippen LogP contribution in [0, 0.1) is 5.82 Å². The van der Waals surface area contributed by atoms with Gasteiger partial charge in [0.15, 0.2) is 17.5 Å². The Morgan fingerprint density at radius 2 is 1.74 bits per heavy atom. The molecule has 1 unspecified atom stereocenters. The molecule has 0 fully saturated rings. The van der Waals surface area contributed by atoms with Crippen molar-refractivity contribution in [3.05, 3.63) is 89.2 Å². The number of amides is 1. The molecular weight excluding hydrogens is 497 g/mol. The molecule has 5 N–H and O–H groups in total. The lowest BCUT2D eigenvalue weighted by Gasteiger charge is -2.20. The standard InChI is InChI=1S/C27H28FN3O7/c1-2-36-22-14-20(21(28)15-23(22)37-13-12-32)24(26(33)34)30-19-10-8-18(9-11-19)25(29)31-27(35)38-16-17-6-4-3-5-7-17/h3-11,14-15,24,30,32H,2,12-13,16H2,1H3,(H,33,34)(H2,29,31,35). The monoisotopic (exact) mass is 525 g/mol. The number of rotatable bonds is 12. The smallest absolute Gasteiger partial charge is 0.435 e. The zero-order chi connectivity index (χ0) is 27.5. The lowest BCUT2D eigenvalue weighted by Crippen LogP contribution is -2.22. The highest BCUT2D eigenvalue weighted by Crippen LogP contribution is 2.34. The van der Waals surface area contributed by atoms with Crippen LogP contribution in [0.3, 0.4) is 0 Å². The van der Waals surface area contributed by atoms with Crippen molar-refractivity contribution < 1.29 is 38.4 Å². The summed E-state index contributed by atoms with van der Waals surface area (Å²) in [5.74, 6) is -2.06. The minimum Gasteiger partial charge on any atom is -0.490 e. The number of anilines is 1. The van der Waals surface area contributed by atoms with E-state index in [4.69, 9.17) is 25.1 Å². The second-order valence-electron chi connectivity index (χ2n) is 7.86. The number of carboxylic acids is 1. The number of hydrogen-bond acceptors (Lipinski definition) is 7. The SMILES string of the molecule is CCOc1cc(C(Nc2ccc(/C(N)=N/C(=O)OCc3ccccc3)cc2)C(=O)O)c(F)cc1OCCO. The van der Waals surface area contributed by atoms with Crippen molar-refractivity contribution in [2.24, 2.45) is 10.7 Å². The average molecular weight is 526 g/mol. The van der Waals surface area contributed by atoms with Gasteiger partial charge in [-0.15, -0.1) is 0 Å². The second-order valence-corrected chi connectivity index (χ2v) is 7.86. The maximum Gasteiger partial charge on any atom is 0.435 e. The molecule has 200 valence electrons. The zero-order valence-electron chi connectivity index (χ0n) is 20.6. The summed E-state index contributed by atoms with van der Waals surface area (Å²) in [4.78, 5) is 27.7. The van der Waals surface area contributed by atoms with E-state index in [0.717, 1.165) is 11.6 Å². The first-order valence-corrected chi connectivity index (χ1v) is 11.7. The molecule has 3 rings (SSSR count). The fraction of sp³-hybridized carbons (Fsp3) is 0.222. The Hall–Kier alpha value is -4.64. The number of benzene rings is 3. The summed E-state index contributed by atoms with van der Waals surface area (Å²) in [5, 5.41) is 21.5. The number of carboxylic acid groups (broad SMARTS) is 1. The summed E-state index contributed by atoms with van der Waals surface area (Å²) in [5.41, 5.74) is 7.28. The molecule has 0 radical (unpaired) electrons. The largest absolute Gasteiger partial charge is 0.490 e. The first-order chi connectivity index (χ1) is 18.3. The quantitative estimate of drug-likeness (QED) is 0.204. The van der Waals surface area contributed by atoms with Crippen LogP contribution < -0.4 is 20.5 Å². The van der Waals surface area contributed by atoms with E-state index in [1.54, 1.807) is 19.1 Å². The first-order valence-electron chi connectivity index (χ1n) is 11.7. The number of hydrogen-bond donors (Lipinski definition) is 4. The molecule has 0 aliphatic heterocycles. The van der Waals surface area contributed by atoms with Gasteiger partial charge in [0, 0.05) is 22.9 Å². The number of amidine groups is 1. The summed E-state index contributed by atoms with van der Waals surface area (Å²) in [6.07, 6.45) is -0.855. The van der Waals surface area contributed by atoms with Crippen LogP contribution in [0.15, 0.2) is 71.7 Å². The lowest BCUT2D eigenvalue weighted by atomic mass is 10.0. The van der Waals surface area contributed by atoms with Crippen molar-refractivity contribution in [2.75, 3.05) is 25.1 Å². The molecule has 1 atom stereocenters. The Morgan fingerprint density at radius 1 is 1.05 bits per heavy atom. The van der Waals surface area contributed by atoms with Crippen molar-refractivity contribution in [1.82, 2.24) is 0 Å². The summed E-state index contributed by atoms with van der Waals surface area (Å²) < 4.78 is 30.7. The number of aliphatic hydroxyl groups excluding tert-OH is 1. The normalized spacial score (nSPS) is 11.9. The van der Waals surface area contributed by atoms with E-state index >= 15 is 0 Å². The van der Waals surface area contributed by atoms with Crippen LogP contribution in [-0.2, 0) is 16.1 Å². The van der Waals surface area contributed by atoms with Gasteiger partial charge >= 0.3 is 12.1 Å². The molecule has 1 amide bonds. The average Bonchev–Trinajstić information content (AvgIpc) is 2.91. The van der Waals surface area contributed by atoms with Crippen molar-refractivity contribution >= 4 is 23.6 Å². The van der Waals surface area contributed by atoms with Gasteiger partial charge in [0.05, 0.1) is 13.2 Å². The van der Waals surface area contributed by atoms with Gasteiger partial charge in [-0.25, -0.2) is 14.0 Å². The van der Waals surface area contributed by atoms with Crippen LogP contribution in [0.1, 0.15) is 29.7 Å². The van der Waals surface area contributed by atoms with Crippen molar-refractivity contribution in [2.45, 2.75) is 19.6 Å². The van der Waals surface area contributed by atoms with Crippen LogP contribution >= 0.6 is 0 Å². The Bertz CT molecular complexity index is 1270. The van der Waals surface area contributed by atoms with E-state index in [1.807, 2.05) is 18.2 Å². The molecular formula is C27H28FN3O7. The van der Waals surface area contributed by atoms with Crippen molar-refractivity contribution in [1.29, 1.82) is 0 Å². The third kappa shape index (κ3) is 7.68. The van der Waals surface area contributed by atoms with E-state index in [0.29, 0.717) is 11.3 Å². The van der Waals surface area contributed by atoms with Crippen LogP contribution in [0.4, 0.5) is 14.9 Å². The number of aliphatic carboxylic acids is 1. The first kappa shape index (κ1) is 27.9. The number of ether oxygens (including phenoxy) is 3. The van der Waals surface area contributed by atoms with Gasteiger partial charge < -0.3 is 35.5 Å². The van der Waals surface area contributed by atoms with Crippen LogP contribution in [-0.4, -0.2) is 47.9 Å². The number of halogens is 1. The van der Waals surface area contributed by atoms with Crippen LogP contribution in [0.5, 0.6) is 11.5 Å². The van der Waals surface area contributed by atoms with Gasteiger partial charge in [-0.1, -0.05) is 30.3 Å². The second kappa shape index (κ2) is 13.6. The Kier molecular flexibility index (Phi) is 10.0. The van der Waals surface area contributed by atoms with Crippen molar-refractivity contribution in [3.63, 3.8) is 0 Å². The maximum absolute atomic E-state index is 14.9. The number of aliphatic imine (C=N–C) groups is 1. The minimum atomic E-state index is -1.47. The van der Waals surface area contributed by atoms with Gasteiger partial charge in [0.2, 0.25) is 0 Å². The molecule has 0 saturated carbocycles. The van der Waals surface area contributed by atoms with E-state index in [2.05, 4.69) is 10.3 Å². The predicted molar refractivity (Wildman–Crippen MR) is 138 cm³/mol. The highest BCUT2D eigenvalue weighted by atomic mass is 19.1. The molecule has 0 aliphatic rings. The van der Waals surface area contributed by atoms with Gasteiger partial charge in [-0.05, 0) is 42.8 Å². The van der Waals surface area contributed by atoms with Gasteiger partial charge in [-0.3, -0.25) is 0 Å². The molecule has 0 heterocycles. The summed E-state index contributed by atoms with van der Waals surface area (Å²) in [6.45, 7) is 1.63. The Morgan fingerprint density at radius 3 is 2.37 bits per heavy atom. The predicted octanol–water partition coefficient (Wildman–Crippen LogP) is 3.88. The number of carbonyl (C=O) groups excluding carboxylic acids is 1. The molecule has 0 spiro atoms. The Labute approximate surface area is 218 Å². The van der Waals surface area contributed by atoms with E-state index in [1.165, 1.54) is 30.3 Å². The lowest BCUT2D eigenvalue weighted by molar-refractivity contribution is -0.138. The van der Waals surface area contributed by atoms with Crippen LogP contribution in [0.25, 0.3) is 0 Å². The highest BCUT2D eigenvalue weighted by molar-refractivity contribution is 6.03.